The van der Waals surface area contributed by atoms with Crippen LogP contribution in [-0.4, -0.2) is 46.8 Å². The summed E-state index contributed by atoms with van der Waals surface area (Å²) in [7, 11) is 0. The molecule has 1 unspecified atom stereocenters. The maximum Gasteiger partial charge on any atom is 0.301 e. The molecule has 1 saturated heterocycles. The van der Waals surface area contributed by atoms with Gasteiger partial charge in [-0.3, -0.25) is 14.5 Å². The van der Waals surface area contributed by atoms with Crippen LogP contribution in [0.15, 0.2) is 82.7 Å². The van der Waals surface area contributed by atoms with Crippen molar-refractivity contribution in [1.29, 1.82) is 0 Å². The minimum atomic E-state index is -0.990. The zero-order valence-electron chi connectivity index (χ0n) is 26.3. The standard InChI is InChI=1S/C35H37N3O6S2/c1-5-42-26-15-12-24(13-16-26)31(39)29-30(25-14-17-27(28(20-25)43-6-2)44-19-18-22(3)4)38(33(41)32(29)40)34-36-37-35(46-34)45-21-23-10-8-7-9-11-23/h7-17,20,22,30,39H,5-6,18-19,21H2,1-4H3. The number of amides is 1. The second kappa shape index (κ2) is 15.3. The van der Waals surface area contributed by atoms with Crippen LogP contribution in [0.3, 0.4) is 0 Å². The number of hydrogen-bond acceptors (Lipinski definition) is 10. The number of Topliss-reactive ketones (excluding diaryl/α,β-unsaturated/α-hetero) is 1. The number of carbonyl (C=O) groups is 2. The van der Waals surface area contributed by atoms with Crippen LogP contribution in [0.4, 0.5) is 5.13 Å². The van der Waals surface area contributed by atoms with Crippen molar-refractivity contribution in [2.45, 2.75) is 50.3 Å². The highest BCUT2D eigenvalue weighted by molar-refractivity contribution is 8.00. The number of ketones is 1. The summed E-state index contributed by atoms with van der Waals surface area (Å²) in [5.41, 5.74) is 2.00. The zero-order chi connectivity index (χ0) is 32.6. The van der Waals surface area contributed by atoms with E-state index in [9.17, 15) is 14.7 Å². The van der Waals surface area contributed by atoms with E-state index in [4.69, 9.17) is 14.2 Å². The van der Waals surface area contributed by atoms with Crippen molar-refractivity contribution >= 4 is 45.7 Å². The van der Waals surface area contributed by atoms with E-state index in [2.05, 4.69) is 24.0 Å². The molecule has 0 aliphatic carbocycles. The van der Waals surface area contributed by atoms with E-state index in [0.717, 1.165) is 12.0 Å². The lowest BCUT2D eigenvalue weighted by molar-refractivity contribution is -0.132. The molecule has 0 bridgehead atoms. The SMILES string of the molecule is CCOc1ccc(C(O)=C2C(=O)C(=O)N(c3nnc(SCc4ccccc4)s3)C2c2ccc(OCCC(C)C)c(OCC)c2)cc1. The van der Waals surface area contributed by atoms with Gasteiger partial charge in [0.2, 0.25) is 5.13 Å². The summed E-state index contributed by atoms with van der Waals surface area (Å²) in [4.78, 5) is 28.8. The molecule has 240 valence electrons. The molecule has 1 aliphatic rings. The zero-order valence-corrected chi connectivity index (χ0v) is 27.9. The maximum atomic E-state index is 13.7. The predicted octanol–water partition coefficient (Wildman–Crippen LogP) is 7.68. The van der Waals surface area contributed by atoms with E-state index in [0.29, 0.717) is 64.2 Å². The predicted molar refractivity (Wildman–Crippen MR) is 181 cm³/mol. The summed E-state index contributed by atoms with van der Waals surface area (Å²) in [6.45, 7) is 9.40. The van der Waals surface area contributed by atoms with Crippen molar-refractivity contribution in [1.82, 2.24) is 10.2 Å². The fourth-order valence-corrected chi connectivity index (χ4v) is 6.76. The molecule has 46 heavy (non-hydrogen) atoms. The van der Waals surface area contributed by atoms with Crippen molar-refractivity contribution in [2.24, 2.45) is 5.92 Å². The van der Waals surface area contributed by atoms with Crippen molar-refractivity contribution in [3.63, 3.8) is 0 Å². The molecular formula is C35H37N3O6S2. The van der Waals surface area contributed by atoms with Gasteiger partial charge in [0.15, 0.2) is 15.8 Å². The third-order valence-electron chi connectivity index (χ3n) is 7.23. The quantitative estimate of drug-likeness (QED) is 0.0479. The largest absolute Gasteiger partial charge is 0.507 e. The Bertz CT molecular complexity index is 1690. The number of hydrogen-bond donors (Lipinski definition) is 1. The van der Waals surface area contributed by atoms with Gasteiger partial charge in [-0.1, -0.05) is 73.3 Å². The van der Waals surface area contributed by atoms with Gasteiger partial charge in [0.05, 0.1) is 31.4 Å². The summed E-state index contributed by atoms with van der Waals surface area (Å²) in [5, 5.41) is 20.5. The van der Waals surface area contributed by atoms with Gasteiger partial charge in [0.1, 0.15) is 11.5 Å². The van der Waals surface area contributed by atoms with Crippen LogP contribution in [0.1, 0.15) is 56.8 Å². The number of aliphatic hydroxyl groups is 1. The second-order valence-corrected chi connectivity index (χ2v) is 13.1. The average molecular weight is 660 g/mol. The molecule has 0 radical (unpaired) electrons. The number of carbonyl (C=O) groups excluding carboxylic acids is 2. The Morgan fingerprint density at radius 2 is 1.67 bits per heavy atom. The molecular weight excluding hydrogens is 623 g/mol. The lowest BCUT2D eigenvalue weighted by Crippen LogP contribution is -2.29. The number of ether oxygens (including phenoxy) is 3. The van der Waals surface area contributed by atoms with Gasteiger partial charge in [0, 0.05) is 11.3 Å². The minimum absolute atomic E-state index is 0.0567. The highest BCUT2D eigenvalue weighted by atomic mass is 32.2. The Kier molecular flexibility index (Phi) is 11.0. The van der Waals surface area contributed by atoms with Crippen molar-refractivity contribution in [3.8, 4) is 17.2 Å². The van der Waals surface area contributed by atoms with Crippen LogP contribution >= 0.6 is 23.1 Å². The fourth-order valence-electron chi connectivity index (χ4n) is 4.94. The lowest BCUT2D eigenvalue weighted by Gasteiger charge is -2.24. The third-order valence-corrected chi connectivity index (χ3v) is 9.35. The Labute approximate surface area is 277 Å². The highest BCUT2D eigenvalue weighted by Crippen LogP contribution is 2.45. The number of aliphatic hydroxyl groups excluding tert-OH is 1. The molecule has 1 aromatic heterocycles. The summed E-state index contributed by atoms with van der Waals surface area (Å²) >= 11 is 2.71. The van der Waals surface area contributed by atoms with Gasteiger partial charge in [-0.15, -0.1) is 10.2 Å². The average Bonchev–Trinajstić information content (AvgIpc) is 3.63. The molecule has 3 aromatic carbocycles. The molecule has 1 N–H and O–H groups in total. The number of rotatable bonds is 14. The van der Waals surface area contributed by atoms with Crippen LogP contribution in [0.2, 0.25) is 0 Å². The summed E-state index contributed by atoms with van der Waals surface area (Å²) in [5.74, 6) is 0.888. The van der Waals surface area contributed by atoms with Crippen molar-refractivity contribution in [3.05, 3.63) is 95.1 Å². The Morgan fingerprint density at radius 1 is 0.935 bits per heavy atom. The van der Waals surface area contributed by atoms with Gasteiger partial charge in [0.25, 0.3) is 5.78 Å². The van der Waals surface area contributed by atoms with Crippen LogP contribution in [-0.2, 0) is 15.3 Å². The Morgan fingerprint density at radius 3 is 2.37 bits per heavy atom. The molecule has 0 saturated carbocycles. The molecule has 5 rings (SSSR count). The Hall–Kier alpha value is -4.35. The van der Waals surface area contributed by atoms with Gasteiger partial charge < -0.3 is 19.3 Å². The third kappa shape index (κ3) is 7.54. The smallest absolute Gasteiger partial charge is 0.301 e. The van der Waals surface area contributed by atoms with E-state index in [1.807, 2.05) is 44.2 Å². The summed E-state index contributed by atoms with van der Waals surface area (Å²) in [6.07, 6.45) is 0.872. The van der Waals surface area contributed by atoms with E-state index < -0.39 is 17.7 Å². The Balaban J connectivity index is 1.56. The molecule has 1 atom stereocenters. The molecule has 2 heterocycles. The summed E-state index contributed by atoms with van der Waals surface area (Å²) in [6, 6.07) is 21.0. The first kappa shape index (κ1) is 33.0. The van der Waals surface area contributed by atoms with Crippen LogP contribution in [0.25, 0.3) is 5.76 Å². The number of anilines is 1. The van der Waals surface area contributed by atoms with Gasteiger partial charge >= 0.3 is 5.91 Å². The van der Waals surface area contributed by atoms with Crippen molar-refractivity contribution in [2.75, 3.05) is 24.7 Å². The van der Waals surface area contributed by atoms with E-state index in [-0.39, 0.29) is 16.5 Å². The van der Waals surface area contributed by atoms with E-state index in [1.54, 1.807) is 42.5 Å². The fraction of sp³-hybridized carbons (Fsp3) is 0.314. The van der Waals surface area contributed by atoms with Gasteiger partial charge in [-0.2, -0.15) is 0 Å². The number of thioether (sulfide) groups is 1. The second-order valence-electron chi connectivity index (χ2n) is 10.9. The normalized spacial score (nSPS) is 15.8. The number of nitrogens with zero attached hydrogens (tertiary/aromatic N) is 3. The number of aromatic nitrogens is 2. The topological polar surface area (TPSA) is 111 Å². The first-order chi connectivity index (χ1) is 22.3. The van der Waals surface area contributed by atoms with E-state index in [1.165, 1.54) is 28.0 Å². The molecule has 0 spiro atoms. The first-order valence-corrected chi connectivity index (χ1v) is 17.0. The van der Waals surface area contributed by atoms with Gasteiger partial charge in [-0.25, -0.2) is 0 Å². The maximum absolute atomic E-state index is 13.7. The molecule has 1 aliphatic heterocycles. The van der Waals surface area contributed by atoms with Crippen molar-refractivity contribution < 1.29 is 28.9 Å². The van der Waals surface area contributed by atoms with E-state index >= 15 is 0 Å². The summed E-state index contributed by atoms with van der Waals surface area (Å²) < 4.78 is 18.2. The first-order valence-electron chi connectivity index (χ1n) is 15.2. The molecule has 11 heteroatoms. The molecule has 1 fully saturated rings. The molecule has 4 aromatic rings. The van der Waals surface area contributed by atoms with Gasteiger partial charge in [-0.05, 0) is 73.7 Å². The van der Waals surface area contributed by atoms with Crippen LogP contribution < -0.4 is 19.1 Å². The van der Waals surface area contributed by atoms with Crippen LogP contribution in [0.5, 0.6) is 17.2 Å². The highest BCUT2D eigenvalue weighted by Gasteiger charge is 2.48. The molecule has 1 amide bonds. The molecule has 9 nitrogen and oxygen atoms in total. The number of benzene rings is 3. The lowest BCUT2D eigenvalue weighted by atomic mass is 9.95. The van der Waals surface area contributed by atoms with Crippen LogP contribution in [0, 0.1) is 5.92 Å². The minimum Gasteiger partial charge on any atom is -0.507 e. The monoisotopic (exact) mass is 659 g/mol.